The first-order chi connectivity index (χ1) is 8.49. The van der Waals surface area contributed by atoms with Crippen LogP contribution in [-0.2, 0) is 0 Å². The minimum atomic E-state index is -0.498. The molecule has 0 saturated heterocycles. The molecule has 1 heteroatoms. The van der Waals surface area contributed by atoms with Gasteiger partial charge in [0.05, 0.1) is 6.10 Å². The second kappa shape index (κ2) is 6.55. The van der Waals surface area contributed by atoms with Gasteiger partial charge in [-0.15, -0.1) is 6.58 Å². The highest BCUT2D eigenvalue weighted by molar-refractivity contribution is 5.21. The van der Waals surface area contributed by atoms with E-state index in [1.54, 1.807) is 0 Å². The Morgan fingerprint density at radius 1 is 1.33 bits per heavy atom. The molecule has 0 aromatic heterocycles. The zero-order chi connectivity index (χ0) is 13.6. The lowest BCUT2D eigenvalue weighted by molar-refractivity contribution is 0.0646. The molecule has 2 atom stereocenters. The largest absolute Gasteiger partial charge is 0.388 e. The zero-order valence-electron chi connectivity index (χ0n) is 11.7. The van der Waals surface area contributed by atoms with E-state index in [4.69, 9.17) is 0 Å². The van der Waals surface area contributed by atoms with Crippen molar-refractivity contribution in [3.8, 4) is 0 Å². The number of rotatable bonds is 6. The van der Waals surface area contributed by atoms with Crippen molar-refractivity contribution < 1.29 is 5.11 Å². The van der Waals surface area contributed by atoms with Gasteiger partial charge in [-0.05, 0) is 32.3 Å². The summed E-state index contributed by atoms with van der Waals surface area (Å²) in [6.07, 6.45) is 5.46. The molecule has 18 heavy (non-hydrogen) atoms. The van der Waals surface area contributed by atoms with Gasteiger partial charge in [0.25, 0.3) is 0 Å². The van der Waals surface area contributed by atoms with E-state index in [1.165, 1.54) is 5.57 Å². The van der Waals surface area contributed by atoms with Gasteiger partial charge >= 0.3 is 0 Å². The van der Waals surface area contributed by atoms with Gasteiger partial charge in [-0.2, -0.15) is 0 Å². The summed E-state index contributed by atoms with van der Waals surface area (Å²) in [4.78, 5) is 0. The molecule has 0 radical (unpaired) electrons. The zero-order valence-corrected chi connectivity index (χ0v) is 11.7. The molecule has 0 unspecified atom stereocenters. The number of hydrogen-bond donors (Lipinski definition) is 1. The third-order valence-electron chi connectivity index (χ3n) is 3.44. The van der Waals surface area contributed by atoms with Gasteiger partial charge in [-0.25, -0.2) is 0 Å². The van der Waals surface area contributed by atoms with Crippen LogP contribution in [0.25, 0.3) is 0 Å². The molecular formula is C17H24O. The average Bonchev–Trinajstić information content (AvgIpc) is 2.38. The van der Waals surface area contributed by atoms with Gasteiger partial charge in [0.2, 0.25) is 0 Å². The molecule has 0 aliphatic rings. The molecule has 0 aliphatic heterocycles. The van der Waals surface area contributed by atoms with Gasteiger partial charge in [0, 0.05) is 5.41 Å². The number of allylic oxidation sites excluding steroid dienone is 2. The summed E-state index contributed by atoms with van der Waals surface area (Å²) >= 11 is 0. The molecule has 1 N–H and O–H groups in total. The molecule has 0 heterocycles. The van der Waals surface area contributed by atoms with E-state index in [0.29, 0.717) is 0 Å². The third-order valence-corrected chi connectivity index (χ3v) is 3.44. The number of aliphatic hydroxyl groups is 1. The Bertz CT molecular complexity index is 401. The normalized spacial score (nSPS) is 15.6. The fourth-order valence-electron chi connectivity index (χ4n) is 2.04. The third kappa shape index (κ3) is 3.85. The van der Waals surface area contributed by atoms with Crippen molar-refractivity contribution in [3.05, 3.63) is 60.2 Å². The smallest absolute Gasteiger partial charge is 0.0877 e. The molecule has 1 aromatic rings. The van der Waals surface area contributed by atoms with Crippen molar-refractivity contribution in [1.82, 2.24) is 0 Å². The van der Waals surface area contributed by atoms with Crippen molar-refractivity contribution in [3.63, 3.8) is 0 Å². The first-order valence-corrected chi connectivity index (χ1v) is 6.49. The lowest BCUT2D eigenvalue weighted by Crippen LogP contribution is -2.23. The molecule has 1 nitrogen and oxygen atoms in total. The van der Waals surface area contributed by atoms with Crippen LogP contribution >= 0.6 is 0 Å². The van der Waals surface area contributed by atoms with Crippen molar-refractivity contribution >= 4 is 0 Å². The Morgan fingerprint density at radius 2 is 1.94 bits per heavy atom. The molecule has 0 spiro atoms. The van der Waals surface area contributed by atoms with Gasteiger partial charge in [-0.3, -0.25) is 0 Å². The van der Waals surface area contributed by atoms with Crippen LogP contribution in [0.15, 0.2) is 54.6 Å². The van der Waals surface area contributed by atoms with E-state index in [1.807, 2.05) is 36.4 Å². The summed E-state index contributed by atoms with van der Waals surface area (Å²) in [5, 5.41) is 10.5. The van der Waals surface area contributed by atoms with E-state index in [2.05, 4.69) is 33.4 Å². The lowest BCUT2D eigenvalue weighted by atomic mass is 9.77. The highest BCUT2D eigenvalue weighted by Gasteiger charge is 2.30. The van der Waals surface area contributed by atoms with Crippen LogP contribution in [0.3, 0.4) is 0 Å². The second-order valence-corrected chi connectivity index (χ2v) is 5.34. The Hall–Kier alpha value is -1.34. The molecule has 0 amide bonds. The van der Waals surface area contributed by atoms with Gasteiger partial charge in [0.15, 0.2) is 0 Å². The van der Waals surface area contributed by atoms with Crippen LogP contribution in [0.2, 0.25) is 0 Å². The summed E-state index contributed by atoms with van der Waals surface area (Å²) in [7, 11) is 0. The van der Waals surface area contributed by atoms with Crippen LogP contribution in [-0.4, -0.2) is 5.11 Å². The molecule has 0 aliphatic carbocycles. The van der Waals surface area contributed by atoms with E-state index >= 15 is 0 Å². The van der Waals surface area contributed by atoms with E-state index in [-0.39, 0.29) is 5.41 Å². The lowest BCUT2D eigenvalue weighted by Gasteiger charge is -2.31. The molecule has 1 aromatic carbocycles. The highest BCUT2D eigenvalue weighted by Crippen LogP contribution is 2.39. The standard InChI is InChI=1S/C17H24O/c1-5-17(4,13-9-10-14(2)3)16(18)15-11-7-6-8-12-15/h5-8,10-12,16,18H,1,9,13H2,2-4H3/t16-,17-/m1/s1. The Morgan fingerprint density at radius 3 is 2.44 bits per heavy atom. The van der Waals surface area contributed by atoms with Crippen LogP contribution in [0.1, 0.15) is 45.3 Å². The van der Waals surface area contributed by atoms with Gasteiger partial charge in [-0.1, -0.05) is 55.0 Å². The minimum absolute atomic E-state index is 0.284. The van der Waals surface area contributed by atoms with E-state index < -0.39 is 6.10 Å². The van der Waals surface area contributed by atoms with Crippen molar-refractivity contribution in [2.24, 2.45) is 5.41 Å². The van der Waals surface area contributed by atoms with Crippen LogP contribution in [0.5, 0.6) is 0 Å². The van der Waals surface area contributed by atoms with Crippen LogP contribution in [0, 0.1) is 5.41 Å². The highest BCUT2D eigenvalue weighted by atomic mass is 16.3. The van der Waals surface area contributed by atoms with Crippen molar-refractivity contribution in [1.29, 1.82) is 0 Å². The predicted octanol–water partition coefficient (Wildman–Crippen LogP) is 4.66. The first kappa shape index (κ1) is 14.7. The molecule has 0 bridgehead atoms. The maximum Gasteiger partial charge on any atom is 0.0877 e. The van der Waals surface area contributed by atoms with Crippen molar-refractivity contribution in [2.45, 2.75) is 39.7 Å². The summed E-state index contributed by atoms with van der Waals surface area (Å²) in [6.45, 7) is 10.2. The Labute approximate surface area is 111 Å². The maximum absolute atomic E-state index is 10.5. The van der Waals surface area contributed by atoms with Gasteiger partial charge < -0.3 is 5.11 Å². The monoisotopic (exact) mass is 244 g/mol. The first-order valence-electron chi connectivity index (χ1n) is 6.49. The minimum Gasteiger partial charge on any atom is -0.388 e. The SMILES string of the molecule is C=C[C@](C)(CCC=C(C)C)[C@H](O)c1ccccc1. The summed E-state index contributed by atoms with van der Waals surface area (Å²) < 4.78 is 0. The van der Waals surface area contributed by atoms with E-state index in [9.17, 15) is 5.11 Å². The molecular weight excluding hydrogens is 220 g/mol. The number of hydrogen-bond acceptors (Lipinski definition) is 1. The molecule has 98 valence electrons. The molecule has 1 rings (SSSR count). The fraction of sp³-hybridized carbons (Fsp3) is 0.412. The number of benzene rings is 1. The van der Waals surface area contributed by atoms with Crippen molar-refractivity contribution in [2.75, 3.05) is 0 Å². The molecule has 0 fully saturated rings. The second-order valence-electron chi connectivity index (χ2n) is 5.34. The summed E-state index contributed by atoms with van der Waals surface area (Å²) in [6, 6.07) is 9.81. The topological polar surface area (TPSA) is 20.2 Å². The number of aliphatic hydroxyl groups excluding tert-OH is 1. The van der Waals surface area contributed by atoms with Crippen LogP contribution in [0.4, 0.5) is 0 Å². The van der Waals surface area contributed by atoms with Crippen LogP contribution < -0.4 is 0 Å². The Kier molecular flexibility index (Phi) is 5.36. The average molecular weight is 244 g/mol. The fourth-order valence-corrected chi connectivity index (χ4v) is 2.04. The summed E-state index contributed by atoms with van der Waals surface area (Å²) in [5.41, 5.74) is 1.99. The summed E-state index contributed by atoms with van der Waals surface area (Å²) in [5.74, 6) is 0. The van der Waals surface area contributed by atoms with E-state index in [0.717, 1.165) is 18.4 Å². The quantitative estimate of drug-likeness (QED) is 0.722. The van der Waals surface area contributed by atoms with Gasteiger partial charge in [0.1, 0.15) is 0 Å². The Balaban J connectivity index is 2.80. The predicted molar refractivity (Wildman–Crippen MR) is 78.4 cm³/mol. The molecule has 0 saturated carbocycles. The maximum atomic E-state index is 10.5.